The number of nitrogens with zero attached hydrogens (tertiary/aromatic N) is 4. The smallest absolute Gasteiger partial charge is 0.0890 e. The van der Waals surface area contributed by atoms with Crippen molar-refractivity contribution in [1.29, 1.82) is 0 Å². The summed E-state index contributed by atoms with van der Waals surface area (Å²) in [7, 11) is 0. The lowest BCUT2D eigenvalue weighted by atomic mass is 9.89. The van der Waals surface area contributed by atoms with Crippen molar-refractivity contribution >= 4 is 77.8 Å². The molecule has 288 valence electrons. The molecule has 0 radical (unpaired) electrons. The molecule has 0 unspecified atom stereocenters. The van der Waals surface area contributed by atoms with E-state index in [0.29, 0.717) is 22.8 Å². The summed E-state index contributed by atoms with van der Waals surface area (Å²) >= 11 is 0. The van der Waals surface area contributed by atoms with Gasteiger partial charge in [-0.05, 0) is 72.8 Å². The molecule has 2 aromatic heterocycles. The monoisotopic (exact) mass is 776 g/mol. The molecule has 0 fully saturated rings. The van der Waals surface area contributed by atoms with Gasteiger partial charge in [0.2, 0.25) is 0 Å². The molecule has 0 aliphatic heterocycles. The third kappa shape index (κ3) is 5.33. The van der Waals surface area contributed by atoms with Crippen LogP contribution in [0, 0.1) is 0 Å². The van der Waals surface area contributed by atoms with Crippen molar-refractivity contribution in [1.82, 2.24) is 9.13 Å². The van der Waals surface area contributed by atoms with E-state index >= 15 is 0 Å². The number of anilines is 2. The van der Waals surface area contributed by atoms with Crippen LogP contribution in [0.3, 0.4) is 0 Å². The fourth-order valence-electron chi connectivity index (χ4n) is 9.10. The zero-order chi connectivity index (χ0) is 40.5. The van der Waals surface area contributed by atoms with Crippen molar-refractivity contribution in [3.63, 3.8) is 0 Å². The largest absolute Gasteiger partial charge is 0.396 e. The summed E-state index contributed by atoms with van der Waals surface area (Å²) in [6.07, 6.45) is 0. The van der Waals surface area contributed by atoms with Gasteiger partial charge in [-0.3, -0.25) is 10.0 Å². The predicted molar refractivity (Wildman–Crippen MR) is 250 cm³/mol. The topological polar surface area (TPSA) is 120 Å². The summed E-state index contributed by atoms with van der Waals surface area (Å²) in [4.78, 5) is 0. The van der Waals surface area contributed by atoms with E-state index in [0.717, 1.165) is 67.1 Å². The van der Waals surface area contributed by atoms with Crippen LogP contribution >= 0.6 is 0 Å². The molecule has 0 saturated heterocycles. The molecule has 1 aliphatic carbocycles. The highest BCUT2D eigenvalue weighted by Crippen LogP contribution is 2.42. The van der Waals surface area contributed by atoms with Crippen LogP contribution in [-0.4, -0.2) is 9.13 Å². The van der Waals surface area contributed by atoms with Gasteiger partial charge >= 0.3 is 0 Å². The van der Waals surface area contributed by atoms with Gasteiger partial charge in [0.25, 0.3) is 0 Å². The molecule has 0 saturated carbocycles. The van der Waals surface area contributed by atoms with Gasteiger partial charge in [0, 0.05) is 55.2 Å². The number of fused-ring (bicyclic) bond motifs is 8. The van der Waals surface area contributed by atoms with Gasteiger partial charge in [0.1, 0.15) is 0 Å². The highest BCUT2D eigenvalue weighted by atomic mass is 15.4. The number of benzene rings is 8. The Hall–Kier alpha value is -8.04. The third-order valence-corrected chi connectivity index (χ3v) is 11.9. The Balaban J connectivity index is 0.994. The molecule has 0 atom stereocenters. The average molecular weight is 777 g/mol. The van der Waals surface area contributed by atoms with E-state index in [1.165, 1.54) is 21.5 Å². The quantitative estimate of drug-likeness (QED) is 0.0986. The molecule has 0 amide bonds. The number of nitrogens with two attached hydrogens (primary N) is 4. The molecular formula is C52H40N8. The summed E-state index contributed by atoms with van der Waals surface area (Å²) in [6, 6.07) is 66.3. The van der Waals surface area contributed by atoms with Gasteiger partial charge in [0.15, 0.2) is 0 Å². The minimum Gasteiger partial charge on any atom is -0.396 e. The Morgan fingerprint density at radius 1 is 0.300 bits per heavy atom. The molecule has 2 heterocycles. The molecule has 8 heteroatoms. The standard InChI is InChI=1S/C52H40N8/c53-49-41-17-1-3-19-43(41)51(59(55)35-29-25-33(26-30-35)57-45-21-9-5-13-37(45)38-14-6-10-22-46(38)57)50(54)42-18-2-4-20-44(42)52(49)60(56)36-31-27-34(28-32-36)58-47-23-11-7-15-39(47)40-16-8-12-24-48(40)58/h1-32H,53-56H2/b49-41?,50-42?,51-43?,51-50-,52-44?,52-49-. The lowest BCUT2D eigenvalue weighted by molar-refractivity contribution is 1.07. The summed E-state index contributed by atoms with van der Waals surface area (Å²) in [6.45, 7) is 0. The molecule has 8 nitrogen and oxygen atoms in total. The number of para-hydroxylation sites is 4. The minimum absolute atomic E-state index is 0.493. The second-order valence-corrected chi connectivity index (χ2v) is 15.1. The number of hydrogen-bond donors (Lipinski definition) is 4. The van der Waals surface area contributed by atoms with Crippen molar-refractivity contribution < 1.29 is 0 Å². The molecule has 60 heavy (non-hydrogen) atoms. The van der Waals surface area contributed by atoms with Crippen LogP contribution in [0.5, 0.6) is 0 Å². The van der Waals surface area contributed by atoms with Crippen molar-refractivity contribution in [2.45, 2.75) is 0 Å². The number of hydrogen-bond acceptors (Lipinski definition) is 6. The van der Waals surface area contributed by atoms with Gasteiger partial charge in [-0.2, -0.15) is 0 Å². The number of hydrazine groups is 2. The zero-order valence-corrected chi connectivity index (χ0v) is 32.6. The first-order chi connectivity index (χ1) is 29.5. The van der Waals surface area contributed by atoms with Crippen molar-refractivity contribution in [2.75, 3.05) is 10.0 Å². The van der Waals surface area contributed by atoms with E-state index in [1.807, 2.05) is 72.8 Å². The summed E-state index contributed by atoms with van der Waals surface area (Å²) in [5.41, 5.74) is 28.0. The second-order valence-electron chi connectivity index (χ2n) is 15.1. The Bertz CT molecular complexity index is 3040. The molecule has 8 aromatic carbocycles. The van der Waals surface area contributed by atoms with E-state index in [4.69, 9.17) is 23.2 Å². The Morgan fingerprint density at radius 3 is 0.883 bits per heavy atom. The van der Waals surface area contributed by atoms with E-state index in [2.05, 4.69) is 130 Å². The van der Waals surface area contributed by atoms with Crippen LogP contribution < -0.4 is 33.2 Å². The molecule has 10 aromatic rings. The molecule has 1 aliphatic rings. The fourth-order valence-corrected chi connectivity index (χ4v) is 9.10. The van der Waals surface area contributed by atoms with Crippen LogP contribution in [-0.2, 0) is 0 Å². The first-order valence-electron chi connectivity index (χ1n) is 19.9. The molecule has 8 N–H and O–H groups in total. The third-order valence-electron chi connectivity index (χ3n) is 11.9. The van der Waals surface area contributed by atoms with E-state index < -0.39 is 0 Å². The Kier molecular flexibility index (Phi) is 8.09. The summed E-state index contributed by atoms with van der Waals surface area (Å²) in [5.74, 6) is 14.3. The summed E-state index contributed by atoms with van der Waals surface area (Å²) < 4.78 is 4.57. The minimum atomic E-state index is 0.493. The lowest BCUT2D eigenvalue weighted by Gasteiger charge is -2.32. The zero-order valence-electron chi connectivity index (χ0n) is 32.6. The first-order valence-corrected chi connectivity index (χ1v) is 19.9. The SMILES string of the molecule is N/C1=C(\N(N)c2ccc(-n3c4ccccc4c4ccccc43)cc2)c2ccccc2/C(N)=C(/N(N)c2ccc(-n3c4ccccc4c4ccccc43)cc2)c2ccccc21. The van der Waals surface area contributed by atoms with Gasteiger partial charge in [-0.25, -0.2) is 11.7 Å². The summed E-state index contributed by atoms with van der Waals surface area (Å²) in [5, 5.41) is 8.14. The van der Waals surface area contributed by atoms with E-state index in [9.17, 15) is 0 Å². The number of rotatable bonds is 6. The second kappa shape index (κ2) is 13.8. The maximum absolute atomic E-state index is 7.28. The molecule has 0 bridgehead atoms. The van der Waals surface area contributed by atoms with Crippen molar-refractivity contribution in [2.24, 2.45) is 23.2 Å². The Morgan fingerprint density at radius 2 is 0.567 bits per heavy atom. The normalized spacial score (nSPS) is 15.2. The first kappa shape index (κ1) is 35.1. The number of aromatic nitrogens is 2. The maximum atomic E-state index is 7.28. The highest BCUT2D eigenvalue weighted by molar-refractivity contribution is 6.11. The molecule has 11 rings (SSSR count). The van der Waals surface area contributed by atoms with Crippen LogP contribution in [0.15, 0.2) is 194 Å². The lowest BCUT2D eigenvalue weighted by Crippen LogP contribution is -2.35. The Labute approximate surface area is 346 Å². The highest BCUT2D eigenvalue weighted by Gasteiger charge is 2.29. The van der Waals surface area contributed by atoms with Crippen LogP contribution in [0.25, 0.3) is 77.8 Å². The van der Waals surface area contributed by atoms with Crippen LogP contribution in [0.4, 0.5) is 11.4 Å². The van der Waals surface area contributed by atoms with Gasteiger partial charge in [-0.15, -0.1) is 0 Å². The van der Waals surface area contributed by atoms with E-state index in [1.54, 1.807) is 10.0 Å². The average Bonchev–Trinajstić information content (AvgIpc) is 3.82. The van der Waals surface area contributed by atoms with Crippen molar-refractivity contribution in [3.05, 3.63) is 216 Å². The van der Waals surface area contributed by atoms with Crippen LogP contribution in [0.2, 0.25) is 0 Å². The molecule has 0 spiro atoms. The van der Waals surface area contributed by atoms with Crippen molar-refractivity contribution in [3.8, 4) is 11.4 Å². The fraction of sp³-hybridized carbons (Fsp3) is 0. The van der Waals surface area contributed by atoms with Gasteiger partial charge in [-0.1, -0.05) is 121 Å². The van der Waals surface area contributed by atoms with Gasteiger partial charge < -0.3 is 20.6 Å². The van der Waals surface area contributed by atoms with Crippen LogP contribution in [0.1, 0.15) is 22.3 Å². The van der Waals surface area contributed by atoms with E-state index in [-0.39, 0.29) is 0 Å². The molecular weight excluding hydrogens is 737 g/mol. The maximum Gasteiger partial charge on any atom is 0.0890 e. The predicted octanol–water partition coefficient (Wildman–Crippen LogP) is 10.5. The van der Waals surface area contributed by atoms with Gasteiger partial charge in [0.05, 0.1) is 56.2 Å².